The number of carbonyl (C=O) groups is 1. The van der Waals surface area contributed by atoms with Crippen LogP contribution >= 0.6 is 0 Å². The number of aliphatic hydroxyl groups excluding tert-OH is 1. The summed E-state index contributed by atoms with van der Waals surface area (Å²) in [5, 5.41) is 8.86. The average molecular weight is 192 g/mol. The molecule has 0 aromatic rings. The van der Waals surface area contributed by atoms with E-state index in [9.17, 15) is 13.6 Å². The monoisotopic (exact) mass is 192 g/mol. The maximum atomic E-state index is 12.9. The predicted octanol–water partition coefficient (Wildman–Crippen LogP) is 1.62. The molecule has 4 heteroatoms. The minimum Gasteiger partial charge on any atom is -0.396 e. The molecule has 0 saturated heterocycles. The van der Waals surface area contributed by atoms with E-state index in [2.05, 4.69) is 0 Å². The van der Waals surface area contributed by atoms with E-state index in [0.717, 1.165) is 0 Å². The molecule has 0 bridgehead atoms. The molecule has 76 valence electrons. The fourth-order valence-electron chi connectivity index (χ4n) is 1.89. The Morgan fingerprint density at radius 2 is 2.15 bits per heavy atom. The quantitative estimate of drug-likeness (QED) is 0.690. The van der Waals surface area contributed by atoms with Crippen LogP contribution in [-0.4, -0.2) is 23.9 Å². The molecule has 1 aliphatic carbocycles. The summed E-state index contributed by atoms with van der Waals surface area (Å²) in [7, 11) is 0. The normalized spacial score (nSPS) is 34.5. The molecule has 2 atom stereocenters. The molecule has 13 heavy (non-hydrogen) atoms. The molecule has 0 spiro atoms. The first-order chi connectivity index (χ1) is 5.96. The number of aliphatic hydroxyl groups is 1. The van der Waals surface area contributed by atoms with Crippen LogP contribution < -0.4 is 0 Å². The highest BCUT2D eigenvalue weighted by atomic mass is 19.3. The fraction of sp³-hybridized carbons (Fsp3) is 0.889. The van der Waals surface area contributed by atoms with Gasteiger partial charge in [0.05, 0.1) is 0 Å². The molecular formula is C9H14F2O2. The van der Waals surface area contributed by atoms with Crippen molar-refractivity contribution in [2.75, 3.05) is 6.61 Å². The molecule has 0 aliphatic heterocycles. The standard InChI is InChI=1S/C9H14F2O2/c1-7(4-12)8(6-13)2-3-9(10,11)5-8/h6-7,12H,2-5H2,1H3. The Labute approximate surface area is 75.9 Å². The summed E-state index contributed by atoms with van der Waals surface area (Å²) in [6, 6.07) is 0. The first-order valence-corrected chi connectivity index (χ1v) is 4.41. The zero-order valence-electron chi connectivity index (χ0n) is 7.59. The first-order valence-electron chi connectivity index (χ1n) is 4.41. The topological polar surface area (TPSA) is 37.3 Å². The van der Waals surface area contributed by atoms with E-state index < -0.39 is 17.8 Å². The summed E-state index contributed by atoms with van der Waals surface area (Å²) in [6.45, 7) is 1.42. The molecule has 1 aliphatic rings. The van der Waals surface area contributed by atoms with E-state index >= 15 is 0 Å². The molecule has 1 fully saturated rings. The smallest absolute Gasteiger partial charge is 0.249 e. The molecule has 0 heterocycles. The van der Waals surface area contributed by atoms with Crippen LogP contribution in [0.2, 0.25) is 0 Å². The number of halogens is 2. The lowest BCUT2D eigenvalue weighted by molar-refractivity contribution is -0.121. The van der Waals surface area contributed by atoms with Crippen molar-refractivity contribution < 1.29 is 18.7 Å². The Balaban J connectivity index is 2.79. The van der Waals surface area contributed by atoms with E-state index in [1.807, 2.05) is 0 Å². The van der Waals surface area contributed by atoms with Crippen LogP contribution in [-0.2, 0) is 4.79 Å². The minimum atomic E-state index is -2.73. The van der Waals surface area contributed by atoms with Crippen molar-refractivity contribution in [1.82, 2.24) is 0 Å². The Morgan fingerprint density at radius 1 is 1.54 bits per heavy atom. The van der Waals surface area contributed by atoms with E-state index in [4.69, 9.17) is 5.11 Å². The van der Waals surface area contributed by atoms with Crippen LogP contribution in [0.25, 0.3) is 0 Å². The largest absolute Gasteiger partial charge is 0.396 e. The second-order valence-corrected chi connectivity index (χ2v) is 3.97. The summed E-state index contributed by atoms with van der Waals surface area (Å²) < 4.78 is 25.8. The van der Waals surface area contributed by atoms with Crippen molar-refractivity contribution in [3.63, 3.8) is 0 Å². The summed E-state index contributed by atoms with van der Waals surface area (Å²) in [5.41, 5.74) is -1.00. The molecule has 2 unspecified atom stereocenters. The van der Waals surface area contributed by atoms with Crippen LogP contribution in [0.5, 0.6) is 0 Å². The number of alkyl halides is 2. The second-order valence-electron chi connectivity index (χ2n) is 3.97. The number of aldehydes is 1. The molecule has 0 radical (unpaired) electrons. The SMILES string of the molecule is CC(CO)C1(C=O)CCC(F)(F)C1. The molecule has 0 aromatic carbocycles. The average Bonchev–Trinajstić information content (AvgIpc) is 2.41. The predicted molar refractivity (Wildman–Crippen MR) is 43.5 cm³/mol. The van der Waals surface area contributed by atoms with Gasteiger partial charge in [-0.25, -0.2) is 8.78 Å². The summed E-state index contributed by atoms with van der Waals surface area (Å²) in [4.78, 5) is 10.8. The van der Waals surface area contributed by atoms with Gasteiger partial charge in [-0.15, -0.1) is 0 Å². The summed E-state index contributed by atoms with van der Waals surface area (Å²) in [5.74, 6) is -3.11. The van der Waals surface area contributed by atoms with Gasteiger partial charge in [0.15, 0.2) is 0 Å². The molecule has 0 aromatic heterocycles. The number of hydrogen-bond acceptors (Lipinski definition) is 2. The Hall–Kier alpha value is -0.510. The Kier molecular flexibility index (Phi) is 2.71. The van der Waals surface area contributed by atoms with Gasteiger partial charge >= 0.3 is 0 Å². The van der Waals surface area contributed by atoms with E-state index in [1.54, 1.807) is 6.92 Å². The second kappa shape index (κ2) is 3.33. The van der Waals surface area contributed by atoms with Gasteiger partial charge in [-0.2, -0.15) is 0 Å². The number of carbonyl (C=O) groups excluding carboxylic acids is 1. The van der Waals surface area contributed by atoms with Crippen LogP contribution in [0.15, 0.2) is 0 Å². The van der Waals surface area contributed by atoms with Crippen molar-refractivity contribution in [3.05, 3.63) is 0 Å². The van der Waals surface area contributed by atoms with Crippen LogP contribution in [0.4, 0.5) is 8.78 Å². The maximum Gasteiger partial charge on any atom is 0.249 e. The highest BCUT2D eigenvalue weighted by Crippen LogP contribution is 2.50. The molecule has 2 nitrogen and oxygen atoms in total. The molecule has 1 N–H and O–H groups in total. The van der Waals surface area contributed by atoms with E-state index in [-0.39, 0.29) is 25.4 Å². The zero-order chi connectivity index (χ0) is 10.1. The number of hydrogen-bond donors (Lipinski definition) is 1. The molecule has 1 rings (SSSR count). The zero-order valence-corrected chi connectivity index (χ0v) is 7.59. The van der Waals surface area contributed by atoms with Gasteiger partial charge in [-0.3, -0.25) is 0 Å². The van der Waals surface area contributed by atoms with Gasteiger partial charge < -0.3 is 9.90 Å². The van der Waals surface area contributed by atoms with Crippen molar-refractivity contribution in [2.24, 2.45) is 11.3 Å². The van der Waals surface area contributed by atoms with Gasteiger partial charge in [0.1, 0.15) is 6.29 Å². The van der Waals surface area contributed by atoms with Crippen molar-refractivity contribution in [1.29, 1.82) is 0 Å². The van der Waals surface area contributed by atoms with Crippen molar-refractivity contribution in [2.45, 2.75) is 32.1 Å². The van der Waals surface area contributed by atoms with Gasteiger partial charge in [-0.05, 0) is 12.3 Å². The fourth-order valence-corrected chi connectivity index (χ4v) is 1.89. The highest BCUT2D eigenvalue weighted by molar-refractivity contribution is 5.61. The number of rotatable bonds is 3. The Morgan fingerprint density at radius 3 is 2.46 bits per heavy atom. The minimum absolute atomic E-state index is 0.186. The van der Waals surface area contributed by atoms with Crippen LogP contribution in [0.1, 0.15) is 26.2 Å². The third-order valence-corrected chi connectivity index (χ3v) is 3.03. The van der Waals surface area contributed by atoms with Gasteiger partial charge in [0.25, 0.3) is 0 Å². The van der Waals surface area contributed by atoms with Crippen LogP contribution in [0, 0.1) is 11.3 Å². The lowest BCUT2D eigenvalue weighted by Gasteiger charge is -2.27. The van der Waals surface area contributed by atoms with Crippen molar-refractivity contribution >= 4 is 6.29 Å². The summed E-state index contributed by atoms with van der Waals surface area (Å²) in [6.07, 6.45) is 0.126. The third kappa shape index (κ3) is 1.88. The van der Waals surface area contributed by atoms with Crippen LogP contribution in [0.3, 0.4) is 0 Å². The van der Waals surface area contributed by atoms with Crippen molar-refractivity contribution in [3.8, 4) is 0 Å². The maximum absolute atomic E-state index is 12.9. The molecule has 1 saturated carbocycles. The van der Waals surface area contributed by atoms with Gasteiger partial charge in [0.2, 0.25) is 5.92 Å². The van der Waals surface area contributed by atoms with E-state index in [0.29, 0.717) is 6.29 Å². The van der Waals surface area contributed by atoms with Gasteiger partial charge in [0, 0.05) is 24.9 Å². The third-order valence-electron chi connectivity index (χ3n) is 3.03. The first kappa shape index (κ1) is 10.6. The molecular weight excluding hydrogens is 178 g/mol. The summed E-state index contributed by atoms with van der Waals surface area (Å²) >= 11 is 0. The molecule has 0 amide bonds. The Bertz CT molecular complexity index is 206. The highest BCUT2D eigenvalue weighted by Gasteiger charge is 2.51. The van der Waals surface area contributed by atoms with E-state index in [1.165, 1.54) is 0 Å². The lowest BCUT2D eigenvalue weighted by atomic mass is 9.76. The lowest BCUT2D eigenvalue weighted by Crippen LogP contribution is -2.31. The van der Waals surface area contributed by atoms with Gasteiger partial charge in [-0.1, -0.05) is 6.92 Å².